The van der Waals surface area contributed by atoms with E-state index in [1.807, 2.05) is 13.8 Å². The SMILES string of the molecule is CCOC(=O)[C@@H](C)OP(=O)(COc1ccc(C[C@H](NC(=O)O[C@H]2CO[C@H]3OCC[C@H]32)[C@H](O)CN(CC(C)C)S(=O)(=O)c2ccc(OC)cc2)cc1)OCC. The minimum absolute atomic E-state index is 0.0276. The maximum atomic E-state index is 13.8. The van der Waals surface area contributed by atoms with E-state index in [0.717, 1.165) is 0 Å². The Labute approximate surface area is 317 Å². The summed E-state index contributed by atoms with van der Waals surface area (Å²) in [6, 6.07) is 11.5. The number of amides is 1. The van der Waals surface area contributed by atoms with Crippen LogP contribution in [0.5, 0.6) is 11.5 Å². The second-order valence-electron chi connectivity index (χ2n) is 13.3. The summed E-state index contributed by atoms with van der Waals surface area (Å²) in [5, 5.41) is 14.4. The van der Waals surface area contributed by atoms with Crippen LogP contribution in [0.3, 0.4) is 0 Å². The van der Waals surface area contributed by atoms with Gasteiger partial charge in [-0.05, 0) is 81.5 Å². The highest BCUT2D eigenvalue weighted by Gasteiger charge is 2.44. The fourth-order valence-electron chi connectivity index (χ4n) is 6.03. The van der Waals surface area contributed by atoms with E-state index in [9.17, 15) is 27.7 Å². The summed E-state index contributed by atoms with van der Waals surface area (Å²) in [5.41, 5.74) is 0.647. The second-order valence-corrected chi connectivity index (χ2v) is 17.2. The Hall–Kier alpha value is -3.28. The van der Waals surface area contributed by atoms with E-state index in [2.05, 4.69) is 5.32 Å². The molecule has 0 spiro atoms. The Kier molecular flexibility index (Phi) is 16.1. The van der Waals surface area contributed by atoms with E-state index in [4.69, 9.17) is 37.5 Å². The van der Waals surface area contributed by atoms with Crippen molar-refractivity contribution in [2.45, 2.75) is 83.0 Å². The number of hydrogen-bond acceptors (Lipinski definition) is 14. The van der Waals surface area contributed by atoms with Gasteiger partial charge in [0.2, 0.25) is 10.0 Å². The monoisotopic (exact) mass is 800 g/mol. The van der Waals surface area contributed by atoms with Gasteiger partial charge in [-0.3, -0.25) is 9.09 Å². The zero-order chi connectivity index (χ0) is 39.5. The Bertz CT molecular complexity index is 1660. The van der Waals surface area contributed by atoms with Crippen molar-refractivity contribution >= 4 is 29.7 Å². The summed E-state index contributed by atoms with van der Waals surface area (Å²) < 4.78 is 85.6. The molecule has 2 fully saturated rings. The van der Waals surface area contributed by atoms with E-state index in [1.54, 1.807) is 50.2 Å². The molecule has 0 radical (unpaired) electrons. The molecule has 2 aliphatic heterocycles. The van der Waals surface area contributed by atoms with Crippen molar-refractivity contribution < 1.29 is 65.1 Å². The first kappa shape index (κ1) is 43.4. The van der Waals surface area contributed by atoms with Crippen molar-refractivity contribution in [2.24, 2.45) is 11.8 Å². The summed E-state index contributed by atoms with van der Waals surface area (Å²) in [5.74, 6) is -0.0877. The molecule has 0 saturated carbocycles. The molecule has 1 amide bonds. The van der Waals surface area contributed by atoms with Crippen LogP contribution in [0, 0.1) is 11.8 Å². The van der Waals surface area contributed by atoms with Gasteiger partial charge in [-0.2, -0.15) is 4.31 Å². The molecule has 4 rings (SSSR count). The zero-order valence-corrected chi connectivity index (χ0v) is 33.3. The Morgan fingerprint density at radius 1 is 1.00 bits per heavy atom. The lowest BCUT2D eigenvalue weighted by Crippen LogP contribution is -2.51. The first-order valence-electron chi connectivity index (χ1n) is 18.0. The molecule has 2 aliphatic rings. The molecule has 2 N–H and O–H groups in total. The number of rotatable bonds is 21. The van der Waals surface area contributed by atoms with Crippen LogP contribution in [-0.4, -0.2) is 114 Å². The summed E-state index contributed by atoms with van der Waals surface area (Å²) in [6.45, 7) is 9.03. The minimum atomic E-state index is -4.07. The number of nitrogens with one attached hydrogen (secondary N) is 1. The topological polar surface area (TPSA) is 195 Å². The molecule has 0 bridgehead atoms. The van der Waals surface area contributed by atoms with Crippen LogP contribution in [0.1, 0.15) is 46.6 Å². The number of nitrogens with zero attached hydrogens (tertiary/aromatic N) is 1. The summed E-state index contributed by atoms with van der Waals surface area (Å²) in [7, 11) is -6.44. The molecule has 2 aromatic carbocycles. The molecule has 1 unspecified atom stereocenters. The molecular weight excluding hydrogens is 747 g/mol. The van der Waals surface area contributed by atoms with E-state index in [1.165, 1.54) is 30.5 Å². The number of benzene rings is 2. The van der Waals surface area contributed by atoms with Crippen LogP contribution in [0.2, 0.25) is 0 Å². The zero-order valence-electron chi connectivity index (χ0n) is 31.6. The number of esters is 1. The molecule has 54 heavy (non-hydrogen) atoms. The Morgan fingerprint density at radius 2 is 1.69 bits per heavy atom. The third-order valence-electron chi connectivity index (χ3n) is 8.70. The third kappa shape index (κ3) is 12.1. The first-order chi connectivity index (χ1) is 25.7. The van der Waals surface area contributed by atoms with E-state index in [0.29, 0.717) is 30.1 Å². The maximum Gasteiger partial charge on any atom is 0.407 e. The summed E-state index contributed by atoms with van der Waals surface area (Å²) >= 11 is 0. The molecule has 2 saturated heterocycles. The molecule has 18 heteroatoms. The van der Waals surface area contributed by atoms with Crippen molar-refractivity contribution in [2.75, 3.05) is 53.0 Å². The molecule has 0 aromatic heterocycles. The number of alkyl carbamates (subject to hydrolysis) is 1. The van der Waals surface area contributed by atoms with E-state index < -0.39 is 66.7 Å². The standard InChI is InChI=1S/C36H53N2O14PS/c1-7-46-34(40)25(5)52-53(42,50-8-2)23-49-28-11-9-26(10-12-28)19-31(37-36(41)51-33-22-48-35-30(33)17-18-47-35)32(39)21-38(20-24(3)4)54(43,44)29-15-13-27(45-6)14-16-29/h9-16,24-25,30-33,35,39H,7-8,17-23H2,1-6H3,(H,37,41)/t25-,30+,31+,32-,33+,35-,53?/m1/s1. The molecular formula is C36H53N2O14PS. The molecule has 302 valence electrons. The maximum absolute atomic E-state index is 13.8. The van der Waals surface area contributed by atoms with Crippen LogP contribution in [0.4, 0.5) is 4.79 Å². The predicted octanol–water partition coefficient (Wildman–Crippen LogP) is 4.34. The number of carbonyl (C=O) groups is 2. The Balaban J connectivity index is 1.50. The normalized spacial score (nSPS) is 21.2. The van der Waals surface area contributed by atoms with Crippen molar-refractivity contribution in [3.8, 4) is 11.5 Å². The first-order valence-corrected chi connectivity index (χ1v) is 21.2. The van der Waals surface area contributed by atoms with Gasteiger partial charge in [0.1, 0.15) is 17.6 Å². The van der Waals surface area contributed by atoms with E-state index >= 15 is 0 Å². The molecule has 0 aliphatic carbocycles. The number of ether oxygens (including phenoxy) is 6. The lowest BCUT2D eigenvalue weighted by Gasteiger charge is -2.31. The largest absolute Gasteiger partial charge is 0.497 e. The predicted molar refractivity (Wildman–Crippen MR) is 196 cm³/mol. The number of fused-ring (bicyclic) bond motifs is 1. The number of methoxy groups -OCH3 is 1. The van der Waals surface area contributed by atoms with Crippen molar-refractivity contribution in [1.29, 1.82) is 0 Å². The van der Waals surface area contributed by atoms with Crippen LogP contribution in [-0.2, 0) is 53.8 Å². The number of carbonyl (C=O) groups excluding carboxylic acids is 2. The van der Waals surface area contributed by atoms with Gasteiger partial charge in [0, 0.05) is 13.1 Å². The van der Waals surface area contributed by atoms with Gasteiger partial charge in [0.15, 0.2) is 18.7 Å². The molecule has 7 atom stereocenters. The quantitative estimate of drug-likeness (QED) is 0.134. The fraction of sp³-hybridized carbons (Fsp3) is 0.611. The highest BCUT2D eigenvalue weighted by atomic mass is 32.2. The van der Waals surface area contributed by atoms with Crippen LogP contribution in [0.15, 0.2) is 53.4 Å². The van der Waals surface area contributed by atoms with Crippen LogP contribution in [0.25, 0.3) is 0 Å². The summed E-state index contributed by atoms with van der Waals surface area (Å²) in [4.78, 5) is 25.4. The number of hydrogen-bond donors (Lipinski definition) is 2. The third-order valence-corrected chi connectivity index (χ3v) is 12.3. The van der Waals surface area contributed by atoms with Crippen molar-refractivity contribution in [3.05, 3.63) is 54.1 Å². The minimum Gasteiger partial charge on any atom is -0.497 e. The number of aliphatic hydroxyl groups excluding tert-OH is 1. The van der Waals surface area contributed by atoms with Crippen molar-refractivity contribution in [1.82, 2.24) is 9.62 Å². The summed E-state index contributed by atoms with van der Waals surface area (Å²) in [6.07, 6.45) is -4.03. The van der Waals surface area contributed by atoms with Gasteiger partial charge < -0.3 is 43.4 Å². The lowest BCUT2D eigenvalue weighted by atomic mass is 10.0. The Morgan fingerprint density at radius 3 is 2.31 bits per heavy atom. The van der Waals surface area contributed by atoms with Gasteiger partial charge in [-0.25, -0.2) is 18.0 Å². The average Bonchev–Trinajstić information content (AvgIpc) is 3.76. The van der Waals surface area contributed by atoms with Crippen molar-refractivity contribution in [3.63, 3.8) is 0 Å². The van der Waals surface area contributed by atoms with Gasteiger partial charge in [0.25, 0.3) is 0 Å². The molecule has 16 nitrogen and oxygen atoms in total. The lowest BCUT2D eigenvalue weighted by molar-refractivity contribution is -0.151. The van der Waals surface area contributed by atoms with Crippen LogP contribution >= 0.6 is 7.60 Å². The number of sulfonamides is 1. The molecule has 2 heterocycles. The smallest absolute Gasteiger partial charge is 0.407 e. The van der Waals surface area contributed by atoms with Crippen LogP contribution < -0.4 is 14.8 Å². The van der Waals surface area contributed by atoms with Gasteiger partial charge in [-0.15, -0.1) is 0 Å². The highest BCUT2D eigenvalue weighted by molar-refractivity contribution is 7.89. The molecule has 2 aromatic rings. The average molecular weight is 801 g/mol. The van der Waals surface area contributed by atoms with Gasteiger partial charge >= 0.3 is 19.7 Å². The van der Waals surface area contributed by atoms with E-state index in [-0.39, 0.29) is 56.1 Å². The van der Waals surface area contributed by atoms with Gasteiger partial charge in [0.05, 0.1) is 56.5 Å². The highest BCUT2D eigenvalue weighted by Crippen LogP contribution is 2.49. The second kappa shape index (κ2) is 20.1. The number of aliphatic hydroxyl groups is 1. The fourth-order valence-corrected chi connectivity index (χ4v) is 9.12. The van der Waals surface area contributed by atoms with Gasteiger partial charge in [-0.1, -0.05) is 26.0 Å².